The first-order valence-electron chi connectivity index (χ1n) is 5.98. The Labute approximate surface area is 107 Å². The van der Waals surface area contributed by atoms with E-state index in [1.54, 1.807) is 0 Å². The topological polar surface area (TPSA) is 72.2 Å². The van der Waals surface area contributed by atoms with Gasteiger partial charge in [0.25, 0.3) is 0 Å². The molecule has 0 aliphatic rings. The molecule has 0 amide bonds. The monoisotopic (exact) mass is 274 g/mol. The van der Waals surface area contributed by atoms with Gasteiger partial charge in [0.2, 0.25) is 10.0 Å². The van der Waals surface area contributed by atoms with Crippen LogP contribution in [0.4, 0.5) is 10.1 Å². The van der Waals surface area contributed by atoms with E-state index < -0.39 is 20.7 Å². The highest BCUT2D eigenvalue weighted by Gasteiger charge is 2.24. The minimum atomic E-state index is -3.91. The molecule has 0 aliphatic heterocycles. The summed E-state index contributed by atoms with van der Waals surface area (Å²) in [7, 11) is -3.91. The third-order valence-electron chi connectivity index (χ3n) is 2.72. The van der Waals surface area contributed by atoms with Crippen LogP contribution in [0.5, 0.6) is 0 Å². The second kappa shape index (κ2) is 6.15. The predicted octanol–water partition coefficient (Wildman–Crippen LogP) is 2.26. The third-order valence-corrected chi connectivity index (χ3v) is 4.33. The number of sulfonamides is 1. The lowest BCUT2D eigenvalue weighted by Crippen LogP contribution is -2.35. The lowest BCUT2D eigenvalue weighted by molar-refractivity contribution is 0.506. The quantitative estimate of drug-likeness (QED) is 0.782. The van der Waals surface area contributed by atoms with Gasteiger partial charge >= 0.3 is 0 Å². The molecule has 0 aliphatic carbocycles. The minimum Gasteiger partial charge on any atom is -0.398 e. The molecule has 6 heteroatoms. The Morgan fingerprint density at radius 2 is 2.06 bits per heavy atom. The molecule has 4 nitrogen and oxygen atoms in total. The van der Waals surface area contributed by atoms with Gasteiger partial charge in [0.05, 0.1) is 5.69 Å². The van der Waals surface area contributed by atoms with Crippen LogP contribution < -0.4 is 10.5 Å². The summed E-state index contributed by atoms with van der Waals surface area (Å²) in [5.41, 5.74) is 5.46. The maximum Gasteiger partial charge on any atom is 0.245 e. The fourth-order valence-electron chi connectivity index (χ4n) is 1.78. The number of halogens is 1. The van der Waals surface area contributed by atoms with E-state index in [4.69, 9.17) is 5.73 Å². The van der Waals surface area contributed by atoms with Crippen molar-refractivity contribution in [2.45, 2.75) is 44.0 Å². The summed E-state index contributed by atoms with van der Waals surface area (Å²) in [6.07, 6.45) is 2.22. The molecule has 1 aromatic carbocycles. The molecule has 1 aromatic rings. The van der Waals surface area contributed by atoms with E-state index in [1.807, 2.05) is 13.8 Å². The van der Waals surface area contributed by atoms with Crippen molar-refractivity contribution in [2.24, 2.45) is 0 Å². The molecule has 18 heavy (non-hydrogen) atoms. The second-order valence-corrected chi connectivity index (χ2v) is 5.82. The van der Waals surface area contributed by atoms with Crippen molar-refractivity contribution in [3.63, 3.8) is 0 Å². The van der Waals surface area contributed by atoms with E-state index >= 15 is 0 Å². The van der Waals surface area contributed by atoms with E-state index in [9.17, 15) is 12.8 Å². The lowest BCUT2D eigenvalue weighted by atomic mass is 10.1. The zero-order valence-electron chi connectivity index (χ0n) is 10.6. The van der Waals surface area contributed by atoms with Gasteiger partial charge in [-0.15, -0.1) is 0 Å². The summed E-state index contributed by atoms with van der Waals surface area (Å²) in [5, 5.41) is 0. The molecule has 0 saturated carbocycles. The summed E-state index contributed by atoms with van der Waals surface area (Å²) >= 11 is 0. The molecule has 1 rings (SSSR count). The smallest absolute Gasteiger partial charge is 0.245 e. The van der Waals surface area contributed by atoms with Gasteiger partial charge in [-0.3, -0.25) is 0 Å². The van der Waals surface area contributed by atoms with Crippen molar-refractivity contribution in [2.75, 3.05) is 5.73 Å². The average molecular weight is 274 g/mol. The van der Waals surface area contributed by atoms with Gasteiger partial charge in [0, 0.05) is 6.04 Å². The van der Waals surface area contributed by atoms with Crippen molar-refractivity contribution in [1.82, 2.24) is 4.72 Å². The van der Waals surface area contributed by atoms with Crippen molar-refractivity contribution in [3.8, 4) is 0 Å². The number of nitrogens with two attached hydrogens (primary N) is 1. The van der Waals surface area contributed by atoms with E-state index in [-0.39, 0.29) is 11.7 Å². The van der Waals surface area contributed by atoms with Gasteiger partial charge in [0.15, 0.2) is 0 Å². The van der Waals surface area contributed by atoms with Gasteiger partial charge in [-0.25, -0.2) is 17.5 Å². The summed E-state index contributed by atoms with van der Waals surface area (Å²) in [6, 6.07) is 3.65. The second-order valence-electron chi connectivity index (χ2n) is 4.17. The summed E-state index contributed by atoms with van der Waals surface area (Å²) < 4.78 is 40.3. The molecule has 0 aromatic heterocycles. The zero-order chi connectivity index (χ0) is 13.8. The normalized spacial score (nSPS) is 13.5. The number of nitrogens with one attached hydrogen (secondary N) is 1. The van der Waals surface area contributed by atoms with Crippen LogP contribution in [0.2, 0.25) is 0 Å². The van der Waals surface area contributed by atoms with Gasteiger partial charge in [-0.05, 0) is 25.0 Å². The van der Waals surface area contributed by atoms with Crippen LogP contribution >= 0.6 is 0 Å². The number of nitrogen functional groups attached to an aromatic ring is 1. The van der Waals surface area contributed by atoms with Gasteiger partial charge in [0.1, 0.15) is 10.7 Å². The van der Waals surface area contributed by atoms with Crippen molar-refractivity contribution in [3.05, 3.63) is 24.0 Å². The molecule has 3 N–H and O–H groups in total. The Kier molecular flexibility index (Phi) is 5.10. The standard InChI is InChI=1S/C12H19FN2O2S/c1-3-6-9(4-2)15-18(16,17)12-10(13)7-5-8-11(12)14/h5,7-9,15H,3-4,6,14H2,1-2H3. The van der Waals surface area contributed by atoms with E-state index in [0.29, 0.717) is 12.8 Å². The van der Waals surface area contributed by atoms with Crippen molar-refractivity contribution >= 4 is 15.7 Å². The van der Waals surface area contributed by atoms with Gasteiger partial charge in [-0.1, -0.05) is 26.3 Å². The molecule has 1 atom stereocenters. The van der Waals surface area contributed by atoms with Crippen LogP contribution in [0, 0.1) is 5.82 Å². The van der Waals surface area contributed by atoms with Crippen molar-refractivity contribution in [1.29, 1.82) is 0 Å². The van der Waals surface area contributed by atoms with E-state index in [0.717, 1.165) is 12.5 Å². The Morgan fingerprint density at radius 1 is 1.39 bits per heavy atom. The number of rotatable bonds is 6. The van der Waals surface area contributed by atoms with Crippen molar-refractivity contribution < 1.29 is 12.8 Å². The highest BCUT2D eigenvalue weighted by atomic mass is 32.2. The molecule has 0 spiro atoms. The Morgan fingerprint density at radius 3 is 2.56 bits per heavy atom. The molecular weight excluding hydrogens is 255 g/mol. The van der Waals surface area contributed by atoms with Crippen LogP contribution in [0.1, 0.15) is 33.1 Å². The Bertz CT molecular complexity index is 483. The highest BCUT2D eigenvalue weighted by Crippen LogP contribution is 2.22. The predicted molar refractivity (Wildman–Crippen MR) is 70.1 cm³/mol. The van der Waals surface area contributed by atoms with Gasteiger partial charge in [-0.2, -0.15) is 0 Å². The van der Waals surface area contributed by atoms with E-state index in [1.165, 1.54) is 12.1 Å². The number of hydrogen-bond donors (Lipinski definition) is 2. The third kappa shape index (κ3) is 3.43. The van der Waals surface area contributed by atoms with Crippen LogP contribution in [-0.4, -0.2) is 14.5 Å². The fraction of sp³-hybridized carbons (Fsp3) is 0.500. The molecular formula is C12H19FN2O2S. The maximum absolute atomic E-state index is 13.6. The number of anilines is 1. The first-order chi connectivity index (χ1) is 8.42. The molecule has 0 heterocycles. The van der Waals surface area contributed by atoms with Crippen LogP contribution in [0.3, 0.4) is 0 Å². The maximum atomic E-state index is 13.6. The Hall–Kier alpha value is -1.14. The van der Waals surface area contributed by atoms with Crippen LogP contribution in [0.25, 0.3) is 0 Å². The molecule has 0 fully saturated rings. The largest absolute Gasteiger partial charge is 0.398 e. The summed E-state index contributed by atoms with van der Waals surface area (Å²) in [6.45, 7) is 3.85. The fourth-order valence-corrected chi connectivity index (χ4v) is 3.33. The van der Waals surface area contributed by atoms with Gasteiger partial charge < -0.3 is 5.73 Å². The molecule has 0 radical (unpaired) electrons. The zero-order valence-corrected chi connectivity index (χ0v) is 11.4. The summed E-state index contributed by atoms with van der Waals surface area (Å²) in [5.74, 6) is -0.825. The first-order valence-corrected chi connectivity index (χ1v) is 7.47. The molecule has 1 unspecified atom stereocenters. The number of benzene rings is 1. The SMILES string of the molecule is CCCC(CC)NS(=O)(=O)c1c(N)cccc1F. The Balaban J connectivity index is 3.06. The lowest BCUT2D eigenvalue weighted by Gasteiger charge is -2.17. The van der Waals surface area contributed by atoms with Crippen LogP contribution in [0.15, 0.2) is 23.1 Å². The molecule has 102 valence electrons. The minimum absolute atomic E-state index is 0.0751. The molecule has 0 bridgehead atoms. The molecule has 0 saturated heterocycles. The van der Waals surface area contributed by atoms with E-state index in [2.05, 4.69) is 4.72 Å². The summed E-state index contributed by atoms with van der Waals surface area (Å²) in [4.78, 5) is -0.459. The highest BCUT2D eigenvalue weighted by molar-refractivity contribution is 7.89. The average Bonchev–Trinajstić information content (AvgIpc) is 2.27. The number of hydrogen-bond acceptors (Lipinski definition) is 3. The first kappa shape index (κ1) is 14.9. The van der Waals surface area contributed by atoms with Crippen LogP contribution in [-0.2, 0) is 10.0 Å².